The van der Waals surface area contributed by atoms with Crippen LogP contribution in [0.2, 0.25) is 5.15 Å². The number of imidazole rings is 1. The van der Waals surface area contributed by atoms with Gasteiger partial charge in [0.05, 0.1) is 11.9 Å². The van der Waals surface area contributed by atoms with E-state index < -0.39 is 0 Å². The lowest BCUT2D eigenvalue weighted by Gasteiger charge is -2.22. The van der Waals surface area contributed by atoms with E-state index in [1.54, 1.807) is 4.52 Å². The third-order valence-electron chi connectivity index (χ3n) is 3.50. The van der Waals surface area contributed by atoms with Crippen molar-refractivity contribution in [2.24, 2.45) is 0 Å². The summed E-state index contributed by atoms with van der Waals surface area (Å²) in [7, 11) is 0. The summed E-state index contributed by atoms with van der Waals surface area (Å²) in [5.74, 6) is 0. The number of nitrogens with one attached hydrogen (secondary N) is 1. The quantitative estimate of drug-likeness (QED) is 0.906. The van der Waals surface area contributed by atoms with Crippen LogP contribution in [0, 0.1) is 6.92 Å². The Balaban J connectivity index is 1.84. The van der Waals surface area contributed by atoms with E-state index in [-0.39, 0.29) is 0 Å². The van der Waals surface area contributed by atoms with Gasteiger partial charge in [-0.3, -0.25) is 0 Å². The number of aryl methyl sites for hydroxylation is 1. The Labute approximate surface area is 111 Å². The lowest BCUT2D eigenvalue weighted by Crippen LogP contribution is -2.35. The summed E-state index contributed by atoms with van der Waals surface area (Å²) in [5, 5.41) is 8.37. The molecule has 5 heteroatoms. The van der Waals surface area contributed by atoms with Crippen LogP contribution in [0.3, 0.4) is 0 Å². The topological polar surface area (TPSA) is 42.2 Å². The second-order valence-corrected chi connectivity index (χ2v) is 5.36. The molecule has 0 bridgehead atoms. The van der Waals surface area contributed by atoms with Crippen LogP contribution < -0.4 is 5.32 Å². The number of hydrogen-bond acceptors (Lipinski definition) is 3. The molecule has 18 heavy (non-hydrogen) atoms. The Morgan fingerprint density at radius 2 is 2.39 bits per heavy atom. The van der Waals surface area contributed by atoms with Crippen molar-refractivity contribution in [2.75, 3.05) is 6.54 Å². The maximum Gasteiger partial charge on any atom is 0.154 e. The number of piperidine rings is 1. The van der Waals surface area contributed by atoms with Gasteiger partial charge >= 0.3 is 0 Å². The van der Waals surface area contributed by atoms with Crippen LogP contribution in [0.15, 0.2) is 12.3 Å². The molecule has 0 spiro atoms. The predicted octanol–water partition coefficient (Wildman–Crippen LogP) is 2.38. The number of halogens is 1. The molecule has 1 N–H and O–H groups in total. The molecule has 3 rings (SSSR count). The summed E-state index contributed by atoms with van der Waals surface area (Å²) in [6.07, 6.45) is 6.80. The highest BCUT2D eigenvalue weighted by molar-refractivity contribution is 6.30. The van der Waals surface area contributed by atoms with E-state index in [1.165, 1.54) is 19.3 Å². The second-order valence-electron chi connectivity index (χ2n) is 5.00. The summed E-state index contributed by atoms with van der Waals surface area (Å²) in [6, 6.07) is 2.54. The van der Waals surface area contributed by atoms with Crippen molar-refractivity contribution in [1.29, 1.82) is 0 Å². The lowest BCUT2D eigenvalue weighted by atomic mass is 10.0. The van der Waals surface area contributed by atoms with E-state index in [4.69, 9.17) is 11.6 Å². The summed E-state index contributed by atoms with van der Waals surface area (Å²) in [4.78, 5) is 4.61. The molecule has 0 saturated carbocycles. The standard InChI is InChI=1S/C13H17ClN4/c1-9-6-12-16-11(8-18(12)17-13(9)14)7-10-4-2-3-5-15-10/h6,8,10,15H,2-5,7H2,1H3/t10-/m0/s1. The molecular weight excluding hydrogens is 248 g/mol. The Kier molecular flexibility index (Phi) is 3.22. The Bertz CT molecular complexity index is 518. The zero-order chi connectivity index (χ0) is 12.5. The average molecular weight is 265 g/mol. The van der Waals surface area contributed by atoms with Crippen molar-refractivity contribution in [3.05, 3.63) is 28.7 Å². The minimum atomic E-state index is 0.544. The number of fused-ring (bicyclic) bond motifs is 1. The number of aromatic nitrogens is 3. The molecule has 1 atom stereocenters. The van der Waals surface area contributed by atoms with Gasteiger partial charge in [-0.25, -0.2) is 9.50 Å². The number of hydrogen-bond donors (Lipinski definition) is 1. The van der Waals surface area contributed by atoms with Crippen molar-refractivity contribution in [3.8, 4) is 0 Å². The van der Waals surface area contributed by atoms with Crippen LogP contribution in [-0.4, -0.2) is 27.2 Å². The Morgan fingerprint density at radius 1 is 1.50 bits per heavy atom. The SMILES string of the molecule is Cc1cc2nc(C[C@@H]3CCCCN3)cn2nc1Cl. The fraction of sp³-hybridized carbons (Fsp3) is 0.538. The molecule has 0 unspecified atom stereocenters. The van der Waals surface area contributed by atoms with Gasteiger partial charge in [-0.15, -0.1) is 0 Å². The van der Waals surface area contributed by atoms with E-state index in [2.05, 4.69) is 15.4 Å². The molecule has 0 aromatic carbocycles. The van der Waals surface area contributed by atoms with Crippen LogP contribution in [0.1, 0.15) is 30.5 Å². The van der Waals surface area contributed by atoms with E-state index in [9.17, 15) is 0 Å². The number of rotatable bonds is 2. The van der Waals surface area contributed by atoms with Crippen molar-refractivity contribution in [1.82, 2.24) is 19.9 Å². The van der Waals surface area contributed by atoms with Gasteiger partial charge in [0.15, 0.2) is 10.8 Å². The van der Waals surface area contributed by atoms with Crippen LogP contribution >= 0.6 is 11.6 Å². The fourth-order valence-electron chi connectivity index (χ4n) is 2.49. The van der Waals surface area contributed by atoms with Crippen molar-refractivity contribution in [2.45, 2.75) is 38.6 Å². The van der Waals surface area contributed by atoms with Crippen molar-refractivity contribution >= 4 is 17.2 Å². The van der Waals surface area contributed by atoms with Gasteiger partial charge in [0.2, 0.25) is 0 Å². The largest absolute Gasteiger partial charge is 0.314 e. The third-order valence-corrected chi connectivity index (χ3v) is 3.87. The molecule has 1 fully saturated rings. The first-order valence-electron chi connectivity index (χ1n) is 6.47. The normalized spacial score (nSPS) is 20.4. The van der Waals surface area contributed by atoms with Crippen LogP contribution in [0.5, 0.6) is 0 Å². The second kappa shape index (κ2) is 4.86. The van der Waals surface area contributed by atoms with Gasteiger partial charge in [-0.1, -0.05) is 18.0 Å². The molecule has 96 valence electrons. The van der Waals surface area contributed by atoms with Gasteiger partial charge in [-0.05, 0) is 37.9 Å². The summed E-state index contributed by atoms with van der Waals surface area (Å²) in [6.45, 7) is 3.08. The lowest BCUT2D eigenvalue weighted by molar-refractivity contribution is 0.397. The van der Waals surface area contributed by atoms with Gasteiger partial charge < -0.3 is 5.32 Å². The fourth-order valence-corrected chi connectivity index (χ4v) is 2.62. The molecule has 1 aliphatic rings. The minimum absolute atomic E-state index is 0.544. The molecule has 2 aromatic rings. The van der Waals surface area contributed by atoms with Crippen molar-refractivity contribution in [3.63, 3.8) is 0 Å². The zero-order valence-corrected chi connectivity index (χ0v) is 11.2. The Morgan fingerprint density at radius 3 is 3.17 bits per heavy atom. The Hall–Kier alpha value is -1.13. The molecule has 3 heterocycles. The molecule has 0 radical (unpaired) electrons. The van der Waals surface area contributed by atoms with E-state index in [0.29, 0.717) is 11.2 Å². The first-order valence-corrected chi connectivity index (χ1v) is 6.85. The molecule has 1 aliphatic heterocycles. The van der Waals surface area contributed by atoms with Crippen LogP contribution in [0.25, 0.3) is 5.65 Å². The first kappa shape index (κ1) is 11.9. The highest BCUT2D eigenvalue weighted by Gasteiger charge is 2.15. The summed E-state index contributed by atoms with van der Waals surface area (Å²) < 4.78 is 1.77. The van der Waals surface area contributed by atoms with E-state index >= 15 is 0 Å². The highest BCUT2D eigenvalue weighted by atomic mass is 35.5. The monoisotopic (exact) mass is 264 g/mol. The third kappa shape index (κ3) is 2.35. The van der Waals surface area contributed by atoms with E-state index in [1.807, 2.05) is 19.2 Å². The molecule has 4 nitrogen and oxygen atoms in total. The van der Waals surface area contributed by atoms with Crippen LogP contribution in [0.4, 0.5) is 0 Å². The highest BCUT2D eigenvalue weighted by Crippen LogP contribution is 2.16. The van der Waals surface area contributed by atoms with Gasteiger partial charge in [0.1, 0.15) is 0 Å². The van der Waals surface area contributed by atoms with Gasteiger partial charge in [-0.2, -0.15) is 5.10 Å². The maximum atomic E-state index is 6.02. The van der Waals surface area contributed by atoms with Gasteiger partial charge in [0.25, 0.3) is 0 Å². The molecule has 0 amide bonds. The summed E-state index contributed by atoms with van der Waals surface area (Å²) in [5.41, 5.74) is 2.93. The molecule has 0 aliphatic carbocycles. The van der Waals surface area contributed by atoms with Crippen molar-refractivity contribution < 1.29 is 0 Å². The smallest absolute Gasteiger partial charge is 0.154 e. The molecular formula is C13H17ClN4. The first-order chi connectivity index (χ1) is 8.72. The molecule has 1 saturated heterocycles. The van der Waals surface area contributed by atoms with E-state index in [0.717, 1.165) is 29.9 Å². The molecule has 2 aromatic heterocycles. The minimum Gasteiger partial charge on any atom is -0.314 e. The predicted molar refractivity (Wildman–Crippen MR) is 72.1 cm³/mol. The average Bonchev–Trinajstić information content (AvgIpc) is 2.72. The maximum absolute atomic E-state index is 6.02. The van der Waals surface area contributed by atoms with Gasteiger partial charge in [0, 0.05) is 12.5 Å². The van der Waals surface area contributed by atoms with Crippen LogP contribution in [-0.2, 0) is 6.42 Å². The zero-order valence-electron chi connectivity index (χ0n) is 10.5. The number of nitrogens with zero attached hydrogens (tertiary/aromatic N) is 3. The summed E-state index contributed by atoms with van der Waals surface area (Å²) >= 11 is 6.02.